The molecule has 87 heavy (non-hydrogen) atoms. The Kier molecular flexibility index (Phi) is 12.8. The first-order valence-corrected chi connectivity index (χ1v) is 34.5. The molecule has 440 valence electrons. The highest BCUT2D eigenvalue weighted by Gasteiger charge is 2.66. The molecule has 3 aliphatic heterocycles. The zero-order valence-corrected chi connectivity index (χ0v) is 55.9. The molecule has 2 unspecified atom stereocenters. The van der Waals surface area contributed by atoms with Crippen molar-refractivity contribution in [1.29, 1.82) is 0 Å². The molecule has 14 rings (SSSR count). The monoisotopic (exact) mass is 1160 g/mol. The molecule has 0 bridgehead atoms. The van der Waals surface area contributed by atoms with Crippen molar-refractivity contribution in [2.45, 2.75) is 169 Å². The second-order valence-electron chi connectivity index (χ2n) is 32.0. The average molecular weight is 1160 g/mol. The van der Waals surface area contributed by atoms with Gasteiger partial charge in [0.1, 0.15) is 0 Å². The molecule has 0 radical (unpaired) electrons. The van der Waals surface area contributed by atoms with Crippen LogP contribution in [0.3, 0.4) is 0 Å². The third-order valence-corrected chi connectivity index (χ3v) is 27.9. The molecule has 0 spiro atoms. The summed E-state index contributed by atoms with van der Waals surface area (Å²) in [6.45, 7) is 39.7. The van der Waals surface area contributed by atoms with Crippen molar-refractivity contribution in [3.05, 3.63) is 234 Å². The summed E-state index contributed by atoms with van der Waals surface area (Å²) in [6, 6.07) is 81.6. The standard InChI is InChI=1S/C82H90BN3Si/c1-75(2,3)55-30-29-33-58(46-55)85-70-47-56(76(4,5)6)40-42-67(70)83-68-51-64-65(78(9,10)45-44-77(64,7)8)52-71(68)84(57-31-21-17-22-32-57)72-48-59(49-73(85)74(72)83)86-69-43-41-63(50-66(69)81(15)53-79(11,12)80(13,14)54-82(81,86)16)87(60-34-23-18-24-35-60,61-36-25-19-26-37-61)62-38-27-20-28-39-62/h17-43,46-52H,44-45,53-54H2,1-16H3. The van der Waals surface area contributed by atoms with Crippen LogP contribution in [0.2, 0.25) is 0 Å². The summed E-state index contributed by atoms with van der Waals surface area (Å²) < 4.78 is 0. The van der Waals surface area contributed by atoms with Crippen molar-refractivity contribution in [3.8, 4) is 0 Å². The summed E-state index contributed by atoms with van der Waals surface area (Å²) in [5.74, 6) is 0. The second kappa shape index (κ2) is 19.3. The highest BCUT2D eigenvalue weighted by atomic mass is 28.3. The van der Waals surface area contributed by atoms with Gasteiger partial charge < -0.3 is 14.7 Å². The van der Waals surface area contributed by atoms with Crippen molar-refractivity contribution in [2.75, 3.05) is 14.7 Å². The highest BCUT2D eigenvalue weighted by molar-refractivity contribution is 7.20. The van der Waals surface area contributed by atoms with Crippen LogP contribution < -0.4 is 51.8 Å². The number of rotatable bonds is 7. The first kappa shape index (κ1) is 57.4. The van der Waals surface area contributed by atoms with Crippen LogP contribution in [-0.2, 0) is 27.1 Å². The molecular formula is C82H90BN3Si. The van der Waals surface area contributed by atoms with Crippen LogP contribution in [-0.4, -0.2) is 20.3 Å². The van der Waals surface area contributed by atoms with Crippen LogP contribution in [0, 0.1) is 10.8 Å². The van der Waals surface area contributed by atoms with Crippen molar-refractivity contribution >= 4 is 97.4 Å². The Morgan fingerprint density at radius 1 is 0.368 bits per heavy atom. The molecule has 3 nitrogen and oxygen atoms in total. The Labute approximate surface area is 523 Å². The Morgan fingerprint density at radius 2 is 0.851 bits per heavy atom. The summed E-state index contributed by atoms with van der Waals surface area (Å²) in [7, 11) is -2.92. The third kappa shape index (κ3) is 8.47. The van der Waals surface area contributed by atoms with E-state index >= 15 is 0 Å². The van der Waals surface area contributed by atoms with Crippen molar-refractivity contribution in [1.82, 2.24) is 0 Å². The van der Waals surface area contributed by atoms with Crippen molar-refractivity contribution < 1.29 is 0 Å². The van der Waals surface area contributed by atoms with Crippen LogP contribution in [0.15, 0.2) is 206 Å². The average Bonchev–Trinajstić information content (AvgIpc) is 1.65. The van der Waals surface area contributed by atoms with Crippen molar-refractivity contribution in [2.24, 2.45) is 10.8 Å². The second-order valence-corrected chi connectivity index (χ2v) is 35.8. The van der Waals surface area contributed by atoms with Gasteiger partial charge in [-0.2, -0.15) is 0 Å². The van der Waals surface area contributed by atoms with Crippen LogP contribution in [0.4, 0.5) is 45.5 Å². The minimum Gasteiger partial charge on any atom is -0.334 e. The molecule has 9 aromatic rings. The summed E-state index contributed by atoms with van der Waals surface area (Å²) in [5, 5.41) is 5.63. The van der Waals surface area contributed by atoms with Gasteiger partial charge in [0.05, 0.1) is 5.54 Å². The molecule has 0 N–H and O–H groups in total. The fraction of sp³-hybridized carbons (Fsp3) is 0.341. The van der Waals surface area contributed by atoms with E-state index in [1.54, 1.807) is 0 Å². The lowest BCUT2D eigenvalue weighted by molar-refractivity contribution is -0.0311. The van der Waals surface area contributed by atoms with Crippen molar-refractivity contribution in [3.63, 3.8) is 0 Å². The molecule has 0 aromatic heterocycles. The van der Waals surface area contributed by atoms with E-state index in [1.165, 1.54) is 110 Å². The summed E-state index contributed by atoms with van der Waals surface area (Å²) in [5.41, 5.74) is 20.6. The van der Waals surface area contributed by atoms with Gasteiger partial charge in [0.15, 0.2) is 8.07 Å². The summed E-state index contributed by atoms with van der Waals surface area (Å²) in [6.07, 6.45) is 4.37. The normalized spacial score (nSPS) is 21.1. The number of para-hydroxylation sites is 1. The Hall–Kier alpha value is -7.34. The third-order valence-electron chi connectivity index (χ3n) is 23.1. The van der Waals surface area contributed by atoms with Gasteiger partial charge in [0.25, 0.3) is 6.71 Å². The number of fused-ring (bicyclic) bond motifs is 8. The largest absolute Gasteiger partial charge is 0.334 e. The molecule has 2 aliphatic carbocycles. The first-order valence-electron chi connectivity index (χ1n) is 32.5. The smallest absolute Gasteiger partial charge is 0.252 e. The Balaban J connectivity index is 1.12. The maximum Gasteiger partial charge on any atom is 0.252 e. The number of hydrogen-bond acceptors (Lipinski definition) is 3. The van der Waals surface area contributed by atoms with Gasteiger partial charge in [-0.1, -0.05) is 256 Å². The van der Waals surface area contributed by atoms with Gasteiger partial charge in [-0.15, -0.1) is 0 Å². The fourth-order valence-electron chi connectivity index (χ4n) is 17.4. The minimum atomic E-state index is -2.92. The lowest BCUT2D eigenvalue weighted by Gasteiger charge is -2.61. The van der Waals surface area contributed by atoms with E-state index in [0.717, 1.165) is 25.7 Å². The quantitative estimate of drug-likeness (QED) is 0.116. The van der Waals surface area contributed by atoms with E-state index in [4.69, 9.17) is 0 Å². The van der Waals surface area contributed by atoms with Crippen LogP contribution in [0.5, 0.6) is 0 Å². The lowest BCUT2D eigenvalue weighted by Crippen LogP contribution is -2.74. The Bertz CT molecular complexity index is 4090. The summed E-state index contributed by atoms with van der Waals surface area (Å²) >= 11 is 0. The zero-order chi connectivity index (χ0) is 61.2. The Morgan fingerprint density at radius 3 is 1.40 bits per heavy atom. The van der Waals surface area contributed by atoms with Gasteiger partial charge in [0, 0.05) is 50.9 Å². The molecule has 5 heteroatoms. The van der Waals surface area contributed by atoms with Crippen LogP contribution >= 0.6 is 0 Å². The van der Waals surface area contributed by atoms with E-state index in [0.29, 0.717) is 0 Å². The molecule has 2 atom stereocenters. The SMILES string of the molecule is CC(C)(C)c1cccc(N2c3cc(C(C)(C)C)ccc3B3c4cc5c(cc4N(c4ccccc4)c4cc(N6c7ccc([Si](c8ccccc8)(c8ccccc8)c8ccccc8)cc7C7(C)CC(C)(C)C(C)(C)CC67C)cc2c43)C(C)(C)CCC5(C)C)c1. The predicted molar refractivity (Wildman–Crippen MR) is 378 cm³/mol. The topological polar surface area (TPSA) is 9.72 Å². The molecule has 1 fully saturated rings. The molecular weight excluding hydrogens is 1070 g/mol. The highest BCUT2D eigenvalue weighted by Crippen LogP contribution is 2.69. The molecule has 0 saturated heterocycles. The molecule has 9 aromatic carbocycles. The number of nitrogens with zero attached hydrogens (tertiary/aromatic N) is 3. The fourth-order valence-corrected chi connectivity index (χ4v) is 22.1. The maximum atomic E-state index is 2.90. The minimum absolute atomic E-state index is 0.00495. The zero-order valence-electron chi connectivity index (χ0n) is 54.9. The molecule has 0 amide bonds. The maximum absolute atomic E-state index is 2.92. The van der Waals surface area contributed by atoms with Crippen LogP contribution in [0.25, 0.3) is 0 Å². The van der Waals surface area contributed by atoms with Crippen LogP contribution in [0.1, 0.15) is 164 Å². The number of benzene rings is 9. The number of anilines is 8. The molecule has 1 saturated carbocycles. The first-order chi connectivity index (χ1) is 41.1. The summed E-state index contributed by atoms with van der Waals surface area (Å²) in [4.78, 5) is 8.29. The number of hydrogen-bond donors (Lipinski definition) is 0. The molecule has 3 heterocycles. The van der Waals surface area contributed by atoms with E-state index in [-0.39, 0.29) is 50.2 Å². The van der Waals surface area contributed by atoms with Gasteiger partial charge >= 0.3 is 0 Å². The van der Waals surface area contributed by atoms with Gasteiger partial charge in [-0.05, 0) is 185 Å². The predicted octanol–water partition coefficient (Wildman–Crippen LogP) is 17.1. The lowest BCUT2D eigenvalue weighted by atomic mass is 9.33. The van der Waals surface area contributed by atoms with Gasteiger partial charge in [0.2, 0.25) is 0 Å². The van der Waals surface area contributed by atoms with E-state index < -0.39 is 8.07 Å². The van der Waals surface area contributed by atoms with E-state index in [2.05, 4.69) is 332 Å². The van der Waals surface area contributed by atoms with Gasteiger partial charge in [-0.3, -0.25) is 0 Å². The van der Waals surface area contributed by atoms with E-state index in [9.17, 15) is 0 Å². The molecule has 5 aliphatic rings. The van der Waals surface area contributed by atoms with Gasteiger partial charge in [-0.25, -0.2) is 0 Å². The van der Waals surface area contributed by atoms with E-state index in [1.807, 2.05) is 0 Å².